The molecule has 0 aliphatic rings. The molecule has 1 aromatic heterocycles. The van der Waals surface area contributed by atoms with Crippen LogP contribution in [0.2, 0.25) is 0 Å². The molecule has 96 valence electrons. The van der Waals surface area contributed by atoms with E-state index in [9.17, 15) is 9.59 Å². The zero-order valence-electron chi connectivity index (χ0n) is 10.0. The Hall–Kier alpha value is -2.69. The number of pyridine rings is 1. The van der Waals surface area contributed by atoms with Crippen molar-refractivity contribution >= 4 is 11.9 Å². The Morgan fingerprint density at radius 3 is 2.42 bits per heavy atom. The minimum absolute atomic E-state index is 0.213. The van der Waals surface area contributed by atoms with Gasteiger partial charge in [-0.25, -0.2) is 4.79 Å². The van der Waals surface area contributed by atoms with Crippen LogP contribution in [0.25, 0.3) is 0 Å². The van der Waals surface area contributed by atoms with Crippen molar-refractivity contribution in [3.05, 3.63) is 65.5 Å². The lowest BCUT2D eigenvalue weighted by molar-refractivity contribution is 0.0696. The van der Waals surface area contributed by atoms with Crippen molar-refractivity contribution in [1.29, 1.82) is 0 Å². The van der Waals surface area contributed by atoms with Crippen molar-refractivity contribution < 1.29 is 14.7 Å². The molecule has 1 aromatic carbocycles. The van der Waals surface area contributed by atoms with Gasteiger partial charge >= 0.3 is 5.97 Å². The molecule has 0 radical (unpaired) electrons. The molecule has 0 fully saturated rings. The number of aromatic nitrogens is 1. The third kappa shape index (κ3) is 3.38. The number of aromatic carboxylic acids is 1. The van der Waals surface area contributed by atoms with Gasteiger partial charge in [0.25, 0.3) is 5.91 Å². The first kappa shape index (κ1) is 12.8. The molecule has 5 nitrogen and oxygen atoms in total. The van der Waals surface area contributed by atoms with E-state index in [2.05, 4.69) is 10.3 Å². The fourth-order valence-electron chi connectivity index (χ4n) is 1.55. The van der Waals surface area contributed by atoms with Crippen molar-refractivity contribution in [3.8, 4) is 0 Å². The van der Waals surface area contributed by atoms with Crippen LogP contribution in [0.3, 0.4) is 0 Å². The van der Waals surface area contributed by atoms with Crippen LogP contribution >= 0.6 is 0 Å². The monoisotopic (exact) mass is 256 g/mol. The maximum Gasteiger partial charge on any atom is 0.335 e. The zero-order chi connectivity index (χ0) is 13.7. The van der Waals surface area contributed by atoms with Crippen LogP contribution in [0.4, 0.5) is 0 Å². The molecule has 0 atom stereocenters. The van der Waals surface area contributed by atoms with E-state index in [1.807, 2.05) is 0 Å². The third-order valence-corrected chi connectivity index (χ3v) is 2.58. The third-order valence-electron chi connectivity index (χ3n) is 2.58. The van der Waals surface area contributed by atoms with Gasteiger partial charge in [-0.15, -0.1) is 0 Å². The number of carbonyl (C=O) groups is 2. The van der Waals surface area contributed by atoms with E-state index >= 15 is 0 Å². The Morgan fingerprint density at radius 1 is 1.11 bits per heavy atom. The number of hydrogen-bond acceptors (Lipinski definition) is 3. The molecule has 5 heteroatoms. The number of carboxylic acids is 1. The van der Waals surface area contributed by atoms with Gasteiger partial charge in [-0.3, -0.25) is 9.78 Å². The number of nitrogens with zero attached hydrogens (tertiary/aromatic N) is 1. The Morgan fingerprint density at radius 2 is 1.84 bits per heavy atom. The van der Waals surface area contributed by atoms with Crippen LogP contribution in [0, 0.1) is 0 Å². The SMILES string of the molecule is O=C(O)c1ccc(CNC(=O)c2cccnc2)cc1. The van der Waals surface area contributed by atoms with Crippen LogP contribution in [-0.4, -0.2) is 22.0 Å². The lowest BCUT2D eigenvalue weighted by Gasteiger charge is -2.05. The van der Waals surface area contributed by atoms with Crippen molar-refractivity contribution in [2.45, 2.75) is 6.54 Å². The number of carboxylic acid groups (broad SMARTS) is 1. The second-order valence-corrected chi connectivity index (χ2v) is 3.93. The van der Waals surface area contributed by atoms with Gasteiger partial charge in [0.1, 0.15) is 0 Å². The number of hydrogen-bond donors (Lipinski definition) is 2. The highest BCUT2D eigenvalue weighted by Gasteiger charge is 2.05. The standard InChI is InChI=1S/C14H12N2O3/c17-13(12-2-1-7-15-9-12)16-8-10-3-5-11(6-4-10)14(18)19/h1-7,9H,8H2,(H,16,17)(H,18,19). The summed E-state index contributed by atoms with van der Waals surface area (Å²) < 4.78 is 0. The van der Waals surface area contributed by atoms with Crippen LogP contribution in [0.15, 0.2) is 48.8 Å². The topological polar surface area (TPSA) is 79.3 Å². The predicted octanol–water partition coefficient (Wildman–Crippen LogP) is 1.71. The number of benzene rings is 1. The second-order valence-electron chi connectivity index (χ2n) is 3.93. The van der Waals surface area contributed by atoms with Gasteiger partial charge in [-0.05, 0) is 29.8 Å². The van der Waals surface area contributed by atoms with Gasteiger partial charge in [0, 0.05) is 18.9 Å². The summed E-state index contributed by atoms with van der Waals surface area (Å²) in [7, 11) is 0. The van der Waals surface area contributed by atoms with E-state index in [-0.39, 0.29) is 11.5 Å². The van der Waals surface area contributed by atoms with E-state index < -0.39 is 5.97 Å². The lowest BCUT2D eigenvalue weighted by Crippen LogP contribution is -2.22. The maximum absolute atomic E-state index is 11.7. The highest BCUT2D eigenvalue weighted by atomic mass is 16.4. The molecule has 0 bridgehead atoms. The van der Waals surface area contributed by atoms with Crippen molar-refractivity contribution in [1.82, 2.24) is 10.3 Å². The van der Waals surface area contributed by atoms with E-state index in [4.69, 9.17) is 5.11 Å². The molecule has 0 aliphatic heterocycles. The summed E-state index contributed by atoms with van der Waals surface area (Å²) in [6, 6.07) is 9.73. The van der Waals surface area contributed by atoms with E-state index in [1.54, 1.807) is 30.5 Å². The summed E-state index contributed by atoms with van der Waals surface area (Å²) in [5.74, 6) is -1.18. The Labute approximate surface area is 109 Å². The summed E-state index contributed by atoms with van der Waals surface area (Å²) in [6.07, 6.45) is 3.09. The molecule has 19 heavy (non-hydrogen) atoms. The number of rotatable bonds is 4. The number of nitrogens with one attached hydrogen (secondary N) is 1. The van der Waals surface area contributed by atoms with Crippen LogP contribution < -0.4 is 5.32 Å². The quantitative estimate of drug-likeness (QED) is 0.872. The second kappa shape index (κ2) is 5.77. The first-order chi connectivity index (χ1) is 9.16. The molecule has 2 N–H and O–H groups in total. The molecule has 2 rings (SSSR count). The Balaban J connectivity index is 1.95. The van der Waals surface area contributed by atoms with Crippen molar-refractivity contribution in [2.24, 2.45) is 0 Å². The summed E-state index contributed by atoms with van der Waals surface area (Å²) in [5.41, 5.74) is 1.55. The summed E-state index contributed by atoms with van der Waals surface area (Å²) >= 11 is 0. The van der Waals surface area contributed by atoms with Crippen LogP contribution in [-0.2, 0) is 6.54 Å². The summed E-state index contributed by atoms with van der Waals surface area (Å²) in [5, 5.41) is 11.5. The predicted molar refractivity (Wildman–Crippen MR) is 68.8 cm³/mol. The summed E-state index contributed by atoms with van der Waals surface area (Å²) in [4.78, 5) is 26.3. The van der Waals surface area contributed by atoms with Crippen molar-refractivity contribution in [3.63, 3.8) is 0 Å². The average Bonchev–Trinajstić information content (AvgIpc) is 2.46. The van der Waals surface area contributed by atoms with Gasteiger partial charge in [0.05, 0.1) is 11.1 Å². The van der Waals surface area contributed by atoms with Gasteiger partial charge in [-0.2, -0.15) is 0 Å². The maximum atomic E-state index is 11.7. The molecule has 0 spiro atoms. The number of carbonyl (C=O) groups excluding carboxylic acids is 1. The van der Waals surface area contributed by atoms with Crippen LogP contribution in [0.5, 0.6) is 0 Å². The largest absolute Gasteiger partial charge is 0.478 e. The fraction of sp³-hybridized carbons (Fsp3) is 0.0714. The molecule has 0 unspecified atom stereocenters. The highest BCUT2D eigenvalue weighted by molar-refractivity contribution is 5.93. The fourth-order valence-corrected chi connectivity index (χ4v) is 1.55. The lowest BCUT2D eigenvalue weighted by atomic mass is 10.1. The molecular formula is C14H12N2O3. The molecule has 0 saturated carbocycles. The van der Waals surface area contributed by atoms with Gasteiger partial charge in [0.2, 0.25) is 0 Å². The first-order valence-electron chi connectivity index (χ1n) is 5.67. The first-order valence-corrected chi connectivity index (χ1v) is 5.67. The minimum Gasteiger partial charge on any atom is -0.478 e. The number of amides is 1. The van der Waals surface area contributed by atoms with Gasteiger partial charge < -0.3 is 10.4 Å². The van der Waals surface area contributed by atoms with Crippen molar-refractivity contribution in [2.75, 3.05) is 0 Å². The molecule has 0 saturated heterocycles. The highest BCUT2D eigenvalue weighted by Crippen LogP contribution is 2.05. The van der Waals surface area contributed by atoms with Crippen LogP contribution in [0.1, 0.15) is 26.3 Å². The average molecular weight is 256 g/mol. The molecule has 1 heterocycles. The normalized spacial score (nSPS) is 9.89. The smallest absolute Gasteiger partial charge is 0.335 e. The Kier molecular flexibility index (Phi) is 3.87. The zero-order valence-corrected chi connectivity index (χ0v) is 10.0. The Bertz CT molecular complexity index is 579. The molecule has 0 aliphatic carbocycles. The minimum atomic E-state index is -0.967. The van der Waals surface area contributed by atoms with E-state index in [0.717, 1.165) is 5.56 Å². The molecule has 1 amide bonds. The molecular weight excluding hydrogens is 244 g/mol. The van der Waals surface area contributed by atoms with E-state index in [0.29, 0.717) is 12.1 Å². The molecule has 2 aromatic rings. The summed E-state index contributed by atoms with van der Waals surface area (Å²) in [6.45, 7) is 0.341. The van der Waals surface area contributed by atoms with Gasteiger partial charge in [0.15, 0.2) is 0 Å². The van der Waals surface area contributed by atoms with Gasteiger partial charge in [-0.1, -0.05) is 12.1 Å². The van der Waals surface area contributed by atoms with E-state index in [1.165, 1.54) is 18.3 Å².